The van der Waals surface area contributed by atoms with E-state index in [1.54, 1.807) is 12.4 Å². The van der Waals surface area contributed by atoms with Gasteiger partial charge in [0.05, 0.1) is 6.61 Å². The Morgan fingerprint density at radius 3 is 2.94 bits per heavy atom. The average molecular weight is 230 g/mol. The van der Waals surface area contributed by atoms with E-state index in [4.69, 9.17) is 4.74 Å². The van der Waals surface area contributed by atoms with Gasteiger partial charge in [0.1, 0.15) is 6.61 Å². The van der Waals surface area contributed by atoms with Gasteiger partial charge in [0.25, 0.3) is 6.43 Å². The largest absolute Gasteiger partial charge is 0.374 e. The Kier molecular flexibility index (Phi) is 5.88. The second kappa shape index (κ2) is 7.24. The summed E-state index contributed by atoms with van der Waals surface area (Å²) in [5.74, 6) is 0. The number of halogens is 2. The number of nitrogens with zero attached hydrogens (tertiary/aromatic N) is 1. The van der Waals surface area contributed by atoms with Gasteiger partial charge in [-0.25, -0.2) is 8.78 Å². The van der Waals surface area contributed by atoms with Crippen molar-refractivity contribution in [2.75, 3.05) is 19.8 Å². The van der Waals surface area contributed by atoms with Crippen LogP contribution in [0.4, 0.5) is 8.78 Å². The fourth-order valence-electron chi connectivity index (χ4n) is 1.27. The van der Waals surface area contributed by atoms with E-state index in [1.807, 2.05) is 19.1 Å². The normalized spacial score (nSPS) is 13.0. The second-order valence-corrected chi connectivity index (χ2v) is 3.43. The lowest BCUT2D eigenvalue weighted by atomic mass is 10.1. The Bertz CT molecular complexity index is 283. The summed E-state index contributed by atoms with van der Waals surface area (Å²) in [5.41, 5.74) is 1.07. The molecule has 0 saturated heterocycles. The van der Waals surface area contributed by atoms with Crippen molar-refractivity contribution in [3.8, 4) is 0 Å². The molecular formula is C11H16F2N2O. The minimum Gasteiger partial charge on any atom is -0.374 e. The second-order valence-electron chi connectivity index (χ2n) is 3.43. The molecule has 0 saturated carbocycles. The van der Waals surface area contributed by atoms with Crippen molar-refractivity contribution >= 4 is 0 Å². The molecular weight excluding hydrogens is 214 g/mol. The fraction of sp³-hybridized carbons (Fsp3) is 0.545. The summed E-state index contributed by atoms with van der Waals surface area (Å²) in [6, 6.07) is 3.97. The molecule has 3 nitrogen and oxygen atoms in total. The maximum atomic E-state index is 11.7. The minimum atomic E-state index is -2.39. The zero-order valence-electron chi connectivity index (χ0n) is 9.20. The predicted octanol–water partition coefficient (Wildman–Crippen LogP) is 2.01. The summed E-state index contributed by atoms with van der Waals surface area (Å²) in [5, 5.41) is 3.16. The molecule has 1 N–H and O–H groups in total. The highest BCUT2D eigenvalue weighted by atomic mass is 19.3. The quantitative estimate of drug-likeness (QED) is 0.728. The monoisotopic (exact) mass is 230 g/mol. The van der Waals surface area contributed by atoms with E-state index < -0.39 is 13.0 Å². The Morgan fingerprint density at radius 2 is 2.31 bits per heavy atom. The van der Waals surface area contributed by atoms with Gasteiger partial charge in [0, 0.05) is 25.0 Å². The molecule has 0 aliphatic rings. The third-order valence-electron chi connectivity index (χ3n) is 2.13. The average Bonchev–Trinajstić information content (AvgIpc) is 2.29. The van der Waals surface area contributed by atoms with E-state index in [2.05, 4.69) is 10.3 Å². The van der Waals surface area contributed by atoms with Crippen LogP contribution in [-0.4, -0.2) is 31.2 Å². The van der Waals surface area contributed by atoms with Gasteiger partial charge in [0.2, 0.25) is 0 Å². The predicted molar refractivity (Wildman–Crippen MR) is 57.5 cm³/mol. The molecule has 0 aliphatic heterocycles. The van der Waals surface area contributed by atoms with Crippen LogP contribution in [0.25, 0.3) is 0 Å². The molecule has 5 heteroatoms. The molecule has 16 heavy (non-hydrogen) atoms. The smallest absolute Gasteiger partial charge is 0.261 e. The molecule has 0 spiro atoms. The van der Waals surface area contributed by atoms with Crippen molar-refractivity contribution < 1.29 is 13.5 Å². The van der Waals surface area contributed by atoms with Crippen LogP contribution in [0.1, 0.15) is 18.5 Å². The Balaban J connectivity index is 2.14. The van der Waals surface area contributed by atoms with Crippen LogP contribution < -0.4 is 5.32 Å². The first-order valence-corrected chi connectivity index (χ1v) is 5.19. The van der Waals surface area contributed by atoms with E-state index in [0.29, 0.717) is 6.54 Å². The lowest BCUT2D eigenvalue weighted by molar-refractivity contribution is 0.0183. The topological polar surface area (TPSA) is 34.1 Å². The molecule has 1 unspecified atom stereocenters. The van der Waals surface area contributed by atoms with Crippen LogP contribution in [0.2, 0.25) is 0 Å². The van der Waals surface area contributed by atoms with Crippen LogP contribution in [0.5, 0.6) is 0 Å². The third kappa shape index (κ3) is 5.14. The van der Waals surface area contributed by atoms with Gasteiger partial charge in [-0.1, -0.05) is 6.07 Å². The lowest BCUT2D eigenvalue weighted by Crippen LogP contribution is -2.24. The third-order valence-corrected chi connectivity index (χ3v) is 2.13. The summed E-state index contributed by atoms with van der Waals surface area (Å²) in [6.07, 6.45) is 1.09. The summed E-state index contributed by atoms with van der Waals surface area (Å²) in [4.78, 5) is 4.00. The number of rotatable bonds is 7. The van der Waals surface area contributed by atoms with Gasteiger partial charge in [-0.3, -0.25) is 4.98 Å². The van der Waals surface area contributed by atoms with E-state index >= 15 is 0 Å². The summed E-state index contributed by atoms with van der Waals surface area (Å²) < 4.78 is 28.2. The molecule has 0 fully saturated rings. The van der Waals surface area contributed by atoms with E-state index in [0.717, 1.165) is 5.56 Å². The lowest BCUT2D eigenvalue weighted by Gasteiger charge is -2.13. The molecule has 0 bridgehead atoms. The van der Waals surface area contributed by atoms with Crippen LogP contribution >= 0.6 is 0 Å². The van der Waals surface area contributed by atoms with Crippen LogP contribution in [0.15, 0.2) is 24.5 Å². The van der Waals surface area contributed by atoms with Gasteiger partial charge in [-0.15, -0.1) is 0 Å². The maximum Gasteiger partial charge on any atom is 0.261 e. The first-order valence-electron chi connectivity index (χ1n) is 5.19. The van der Waals surface area contributed by atoms with Crippen molar-refractivity contribution in [1.29, 1.82) is 0 Å². The fourth-order valence-corrected chi connectivity index (χ4v) is 1.27. The van der Waals surface area contributed by atoms with E-state index in [-0.39, 0.29) is 12.6 Å². The van der Waals surface area contributed by atoms with Gasteiger partial charge < -0.3 is 10.1 Å². The summed E-state index contributed by atoms with van der Waals surface area (Å²) in [7, 11) is 0. The first kappa shape index (κ1) is 13.0. The van der Waals surface area contributed by atoms with E-state index in [1.165, 1.54) is 0 Å². The molecule has 1 aromatic heterocycles. The highest BCUT2D eigenvalue weighted by Gasteiger charge is 2.04. The van der Waals surface area contributed by atoms with Crippen LogP contribution in [-0.2, 0) is 4.74 Å². The van der Waals surface area contributed by atoms with Crippen molar-refractivity contribution in [3.63, 3.8) is 0 Å². The molecule has 0 amide bonds. The van der Waals surface area contributed by atoms with Crippen molar-refractivity contribution in [3.05, 3.63) is 30.1 Å². The molecule has 0 radical (unpaired) electrons. The standard InChI is InChI=1S/C11H16F2N2O/c1-9(10-3-2-4-14-7-10)15-5-6-16-8-11(12)13/h2-4,7,9,11,15H,5-6,8H2,1H3. The van der Waals surface area contributed by atoms with Crippen LogP contribution in [0.3, 0.4) is 0 Å². The number of alkyl halides is 2. The van der Waals surface area contributed by atoms with Gasteiger partial charge in [-0.2, -0.15) is 0 Å². The highest BCUT2D eigenvalue weighted by molar-refractivity contribution is 5.12. The number of hydrogen-bond donors (Lipinski definition) is 1. The highest BCUT2D eigenvalue weighted by Crippen LogP contribution is 2.08. The molecule has 1 rings (SSSR count). The molecule has 1 heterocycles. The number of nitrogens with one attached hydrogen (secondary N) is 1. The van der Waals surface area contributed by atoms with Gasteiger partial charge >= 0.3 is 0 Å². The van der Waals surface area contributed by atoms with Crippen molar-refractivity contribution in [1.82, 2.24) is 10.3 Å². The first-order chi connectivity index (χ1) is 7.70. The minimum absolute atomic E-state index is 0.142. The maximum absolute atomic E-state index is 11.7. The number of ether oxygens (including phenoxy) is 1. The van der Waals surface area contributed by atoms with Crippen molar-refractivity contribution in [2.24, 2.45) is 0 Å². The van der Waals surface area contributed by atoms with E-state index in [9.17, 15) is 8.78 Å². The Morgan fingerprint density at radius 1 is 1.50 bits per heavy atom. The Labute approximate surface area is 93.8 Å². The molecule has 1 aromatic rings. The summed E-state index contributed by atoms with van der Waals surface area (Å²) in [6.45, 7) is 2.32. The molecule has 0 aromatic carbocycles. The van der Waals surface area contributed by atoms with Gasteiger partial charge in [0.15, 0.2) is 0 Å². The summed E-state index contributed by atoms with van der Waals surface area (Å²) >= 11 is 0. The van der Waals surface area contributed by atoms with Crippen LogP contribution in [0, 0.1) is 0 Å². The number of pyridine rings is 1. The zero-order chi connectivity index (χ0) is 11.8. The van der Waals surface area contributed by atoms with Gasteiger partial charge in [-0.05, 0) is 18.6 Å². The SMILES string of the molecule is CC(NCCOCC(F)F)c1cccnc1. The van der Waals surface area contributed by atoms with Crippen molar-refractivity contribution in [2.45, 2.75) is 19.4 Å². The zero-order valence-corrected chi connectivity index (χ0v) is 9.20. The molecule has 1 atom stereocenters. The number of hydrogen-bond acceptors (Lipinski definition) is 3. The Hall–Kier alpha value is -1.07. The number of aromatic nitrogens is 1. The molecule has 90 valence electrons. The molecule has 0 aliphatic carbocycles.